The number of rotatable bonds is 13. The predicted molar refractivity (Wildman–Crippen MR) is 107 cm³/mol. The number of hydrogen-bond donors (Lipinski definition) is 2. The second kappa shape index (κ2) is 21.9. The zero-order chi connectivity index (χ0) is 18.6. The molecule has 0 radical (unpaired) electrons. The summed E-state index contributed by atoms with van der Waals surface area (Å²) < 4.78 is 4.82. The highest BCUT2D eigenvalue weighted by atomic mass is 35.5. The number of aromatic nitrogens is 1. The minimum atomic E-state index is -0.952. The second-order valence-corrected chi connectivity index (χ2v) is 6.12. The monoisotopic (exact) mass is 389 g/mol. The van der Waals surface area contributed by atoms with Crippen LogP contribution in [-0.2, 0) is 9.53 Å². The van der Waals surface area contributed by atoms with E-state index in [0.717, 1.165) is 12.8 Å². The van der Waals surface area contributed by atoms with E-state index in [1.165, 1.54) is 44.9 Å². The standard InChI is InChI=1S/C15H30O4.C5H5N.ClH/c1-2-3-4-5-6-7-8-9-10-11-15(18)19-13-14(17)12-16;1-2-4-6-5-3-1;/h14,16-17H,2-13H2,1H3;1-5H;1H. The maximum atomic E-state index is 11.3. The average molecular weight is 390 g/mol. The van der Waals surface area contributed by atoms with Crippen LogP contribution in [-0.4, -0.2) is 40.5 Å². The molecule has 1 atom stereocenters. The molecule has 1 unspecified atom stereocenters. The molecular formula is C20H36ClNO4. The van der Waals surface area contributed by atoms with Crippen molar-refractivity contribution in [3.63, 3.8) is 0 Å². The normalized spacial score (nSPS) is 10.9. The molecule has 1 rings (SSSR count). The Bertz CT molecular complexity index is 366. The van der Waals surface area contributed by atoms with Crippen LogP contribution in [0.1, 0.15) is 71.1 Å². The van der Waals surface area contributed by atoms with Crippen LogP contribution in [0.25, 0.3) is 0 Å². The van der Waals surface area contributed by atoms with Gasteiger partial charge < -0.3 is 14.9 Å². The summed E-state index contributed by atoms with van der Waals surface area (Å²) in [5, 5.41) is 17.6. The van der Waals surface area contributed by atoms with E-state index in [4.69, 9.17) is 14.9 Å². The molecule has 2 N–H and O–H groups in total. The molecule has 0 aliphatic carbocycles. The molecule has 1 aromatic heterocycles. The molecule has 0 saturated heterocycles. The Balaban J connectivity index is 0. The maximum absolute atomic E-state index is 11.3. The molecule has 0 aliphatic rings. The van der Waals surface area contributed by atoms with Crippen molar-refractivity contribution in [1.82, 2.24) is 4.98 Å². The Morgan fingerprint density at radius 1 is 0.962 bits per heavy atom. The summed E-state index contributed by atoms with van der Waals surface area (Å²) in [4.78, 5) is 15.0. The van der Waals surface area contributed by atoms with Gasteiger partial charge in [0.2, 0.25) is 0 Å². The number of carbonyl (C=O) groups is 1. The van der Waals surface area contributed by atoms with Gasteiger partial charge in [-0.2, -0.15) is 0 Å². The summed E-state index contributed by atoms with van der Waals surface area (Å²) in [6, 6.07) is 5.72. The van der Waals surface area contributed by atoms with Gasteiger partial charge in [-0.1, -0.05) is 64.4 Å². The van der Waals surface area contributed by atoms with Crippen LogP contribution in [0.15, 0.2) is 30.6 Å². The molecule has 0 spiro atoms. The smallest absolute Gasteiger partial charge is 0.305 e. The first kappa shape index (κ1) is 27.1. The van der Waals surface area contributed by atoms with Gasteiger partial charge >= 0.3 is 5.97 Å². The van der Waals surface area contributed by atoms with Crippen LogP contribution in [0.4, 0.5) is 0 Å². The van der Waals surface area contributed by atoms with Crippen molar-refractivity contribution in [2.75, 3.05) is 13.2 Å². The van der Waals surface area contributed by atoms with Crippen molar-refractivity contribution < 1.29 is 19.7 Å². The zero-order valence-corrected chi connectivity index (χ0v) is 16.8. The van der Waals surface area contributed by atoms with Crippen LogP contribution < -0.4 is 0 Å². The van der Waals surface area contributed by atoms with Crippen molar-refractivity contribution >= 4 is 18.4 Å². The third-order valence-electron chi connectivity index (χ3n) is 3.70. The van der Waals surface area contributed by atoms with Gasteiger partial charge in [0.25, 0.3) is 0 Å². The second-order valence-electron chi connectivity index (χ2n) is 6.12. The lowest BCUT2D eigenvalue weighted by Gasteiger charge is -2.08. The van der Waals surface area contributed by atoms with Crippen LogP contribution in [0, 0.1) is 0 Å². The largest absolute Gasteiger partial charge is 0.463 e. The highest BCUT2D eigenvalue weighted by molar-refractivity contribution is 5.85. The van der Waals surface area contributed by atoms with E-state index in [-0.39, 0.29) is 31.6 Å². The van der Waals surface area contributed by atoms with E-state index >= 15 is 0 Å². The molecule has 152 valence electrons. The van der Waals surface area contributed by atoms with Crippen LogP contribution >= 0.6 is 12.4 Å². The molecule has 5 nitrogen and oxygen atoms in total. The summed E-state index contributed by atoms with van der Waals surface area (Å²) in [7, 11) is 0. The third kappa shape index (κ3) is 20.9. The van der Waals surface area contributed by atoms with E-state index in [0.29, 0.717) is 6.42 Å². The molecule has 0 saturated carbocycles. The van der Waals surface area contributed by atoms with E-state index in [2.05, 4.69) is 11.9 Å². The summed E-state index contributed by atoms with van der Waals surface area (Å²) >= 11 is 0. The molecule has 0 amide bonds. The minimum Gasteiger partial charge on any atom is -0.463 e. The molecular weight excluding hydrogens is 354 g/mol. The average Bonchev–Trinajstić information content (AvgIpc) is 2.66. The van der Waals surface area contributed by atoms with E-state index in [1.807, 2.05) is 18.2 Å². The van der Waals surface area contributed by atoms with E-state index < -0.39 is 6.10 Å². The Labute approximate surface area is 164 Å². The predicted octanol–water partition coefficient (Wildman–Crippen LogP) is 4.31. The summed E-state index contributed by atoms with van der Waals surface area (Å²) in [6.45, 7) is 1.75. The van der Waals surface area contributed by atoms with Crippen LogP contribution in [0.5, 0.6) is 0 Å². The number of unbranched alkanes of at least 4 members (excludes halogenated alkanes) is 8. The number of ether oxygens (including phenoxy) is 1. The fourth-order valence-corrected chi connectivity index (χ4v) is 2.21. The van der Waals surface area contributed by atoms with Crippen molar-refractivity contribution in [2.24, 2.45) is 0 Å². The Morgan fingerprint density at radius 3 is 1.92 bits per heavy atom. The lowest BCUT2D eigenvalue weighted by molar-refractivity contribution is -0.147. The highest BCUT2D eigenvalue weighted by Gasteiger charge is 2.07. The SMILES string of the molecule is CCCCCCCCCCCC(=O)OCC(O)CO.Cl.c1ccncc1. The fourth-order valence-electron chi connectivity index (χ4n) is 2.21. The van der Waals surface area contributed by atoms with Gasteiger partial charge in [0, 0.05) is 18.8 Å². The van der Waals surface area contributed by atoms with E-state index in [1.54, 1.807) is 12.4 Å². The fraction of sp³-hybridized carbons (Fsp3) is 0.700. The van der Waals surface area contributed by atoms with Gasteiger partial charge in [-0.25, -0.2) is 0 Å². The lowest BCUT2D eigenvalue weighted by Crippen LogP contribution is -2.21. The van der Waals surface area contributed by atoms with Crippen molar-refractivity contribution in [2.45, 2.75) is 77.2 Å². The molecule has 0 fully saturated rings. The van der Waals surface area contributed by atoms with Crippen LogP contribution in [0.3, 0.4) is 0 Å². The lowest BCUT2D eigenvalue weighted by atomic mass is 10.1. The molecule has 0 bridgehead atoms. The molecule has 26 heavy (non-hydrogen) atoms. The first-order valence-corrected chi connectivity index (χ1v) is 9.50. The van der Waals surface area contributed by atoms with Gasteiger partial charge in [-0.3, -0.25) is 9.78 Å². The van der Waals surface area contributed by atoms with E-state index in [9.17, 15) is 4.79 Å². The maximum Gasteiger partial charge on any atom is 0.305 e. The van der Waals surface area contributed by atoms with Crippen molar-refractivity contribution in [3.05, 3.63) is 30.6 Å². The van der Waals surface area contributed by atoms with Gasteiger partial charge in [-0.15, -0.1) is 12.4 Å². The molecule has 6 heteroatoms. The number of halogens is 1. The molecule has 1 heterocycles. The topological polar surface area (TPSA) is 79.7 Å². The van der Waals surface area contributed by atoms with Gasteiger partial charge in [-0.05, 0) is 18.6 Å². The summed E-state index contributed by atoms with van der Waals surface area (Å²) in [5.41, 5.74) is 0. The Kier molecular flexibility index (Phi) is 22.8. The molecule has 1 aromatic rings. The number of hydrogen-bond acceptors (Lipinski definition) is 5. The number of aliphatic hydroxyl groups is 2. The molecule has 0 aliphatic heterocycles. The Morgan fingerprint density at radius 2 is 1.50 bits per heavy atom. The number of aliphatic hydroxyl groups excluding tert-OH is 2. The van der Waals surface area contributed by atoms with Crippen molar-refractivity contribution in [3.8, 4) is 0 Å². The van der Waals surface area contributed by atoms with Gasteiger partial charge in [0.05, 0.1) is 6.61 Å². The van der Waals surface area contributed by atoms with Gasteiger partial charge in [0.1, 0.15) is 12.7 Å². The summed E-state index contributed by atoms with van der Waals surface area (Å²) in [6.07, 6.45) is 13.9. The van der Waals surface area contributed by atoms with Crippen LogP contribution in [0.2, 0.25) is 0 Å². The zero-order valence-electron chi connectivity index (χ0n) is 16.0. The summed E-state index contributed by atoms with van der Waals surface area (Å²) in [5.74, 6) is -0.282. The number of nitrogens with zero attached hydrogens (tertiary/aromatic N) is 1. The first-order valence-electron chi connectivity index (χ1n) is 9.50. The highest BCUT2D eigenvalue weighted by Crippen LogP contribution is 2.10. The quantitative estimate of drug-likeness (QED) is 0.388. The minimum absolute atomic E-state index is 0. The third-order valence-corrected chi connectivity index (χ3v) is 3.70. The molecule has 0 aromatic carbocycles. The number of pyridine rings is 1. The number of esters is 1. The van der Waals surface area contributed by atoms with Crippen molar-refractivity contribution in [1.29, 1.82) is 0 Å². The number of carbonyl (C=O) groups excluding carboxylic acids is 1. The Hall–Kier alpha value is -1.17. The van der Waals surface area contributed by atoms with Gasteiger partial charge in [0.15, 0.2) is 0 Å². The first-order chi connectivity index (χ1) is 12.2.